The number of nitrogens with one attached hydrogen (secondary N) is 2. The van der Waals surface area contributed by atoms with Crippen molar-refractivity contribution in [2.24, 2.45) is 0 Å². The molecular weight excluding hydrogens is 380 g/mol. The van der Waals surface area contributed by atoms with Gasteiger partial charge in [0.2, 0.25) is 0 Å². The van der Waals surface area contributed by atoms with Gasteiger partial charge in [0.15, 0.2) is 10.9 Å². The predicted molar refractivity (Wildman–Crippen MR) is 110 cm³/mol. The Morgan fingerprint density at radius 2 is 1.89 bits per heavy atom. The number of hydrogen-bond acceptors (Lipinski definition) is 3. The van der Waals surface area contributed by atoms with Crippen LogP contribution in [-0.2, 0) is 11.4 Å². The Labute approximate surface area is 168 Å². The fraction of sp³-hybridized carbons (Fsp3) is 0.238. The normalized spacial score (nSPS) is 19.2. The number of carbonyl (C=O) groups excluding carboxylic acids is 1. The van der Waals surface area contributed by atoms with E-state index in [1.807, 2.05) is 48.5 Å². The van der Waals surface area contributed by atoms with E-state index in [-0.39, 0.29) is 11.8 Å². The molecule has 2 aromatic carbocycles. The molecule has 0 saturated heterocycles. The third-order valence-corrected chi connectivity index (χ3v) is 5.29. The zero-order valence-electron chi connectivity index (χ0n) is 14.6. The second-order valence-corrected chi connectivity index (χ2v) is 7.50. The molecule has 0 aromatic heterocycles. The number of ketones is 1. The Morgan fingerprint density at radius 1 is 1.11 bits per heavy atom. The molecule has 1 aliphatic carbocycles. The molecule has 1 unspecified atom stereocenters. The molecule has 0 saturated carbocycles. The molecule has 2 aliphatic rings. The van der Waals surface area contributed by atoms with Crippen molar-refractivity contribution in [3.63, 3.8) is 0 Å². The lowest BCUT2D eigenvalue weighted by Crippen LogP contribution is -2.46. The van der Waals surface area contributed by atoms with Crippen LogP contribution in [0.4, 0.5) is 0 Å². The number of benzene rings is 2. The Balaban J connectivity index is 1.64. The van der Waals surface area contributed by atoms with Gasteiger partial charge in [0, 0.05) is 28.3 Å². The molecule has 6 heteroatoms. The van der Waals surface area contributed by atoms with E-state index in [0.29, 0.717) is 23.2 Å². The third-order valence-electron chi connectivity index (χ3n) is 4.82. The van der Waals surface area contributed by atoms with Gasteiger partial charge in [0.05, 0.1) is 6.04 Å². The summed E-state index contributed by atoms with van der Waals surface area (Å²) >= 11 is 11.3. The molecule has 27 heavy (non-hydrogen) atoms. The monoisotopic (exact) mass is 398 g/mol. The smallest absolute Gasteiger partial charge is 0.171 e. The highest BCUT2D eigenvalue weighted by molar-refractivity contribution is 7.80. The van der Waals surface area contributed by atoms with Gasteiger partial charge in [-0.3, -0.25) is 4.79 Å². The molecule has 1 atom stereocenters. The molecule has 0 radical (unpaired) electrons. The second-order valence-electron chi connectivity index (χ2n) is 6.65. The van der Waals surface area contributed by atoms with Crippen LogP contribution < -0.4 is 15.4 Å². The number of Topliss-reactive ketones (excluding diaryl/α,β-unsaturated/α-hetero) is 1. The Hall–Kier alpha value is -2.37. The lowest BCUT2D eigenvalue weighted by atomic mass is 9.85. The summed E-state index contributed by atoms with van der Waals surface area (Å²) in [5.41, 5.74) is 3.65. The summed E-state index contributed by atoms with van der Waals surface area (Å²) in [7, 11) is 0. The maximum atomic E-state index is 12.6. The number of halogens is 1. The topological polar surface area (TPSA) is 50.4 Å². The largest absolute Gasteiger partial charge is 0.489 e. The van der Waals surface area contributed by atoms with Crippen molar-refractivity contribution >= 4 is 34.7 Å². The van der Waals surface area contributed by atoms with Crippen LogP contribution in [0.1, 0.15) is 36.4 Å². The highest BCUT2D eigenvalue weighted by Gasteiger charge is 2.34. The van der Waals surface area contributed by atoms with Crippen molar-refractivity contribution in [2.75, 3.05) is 0 Å². The first-order valence-corrected chi connectivity index (χ1v) is 9.70. The van der Waals surface area contributed by atoms with E-state index in [2.05, 4.69) is 10.6 Å². The lowest BCUT2D eigenvalue weighted by molar-refractivity contribution is -0.116. The fourth-order valence-electron chi connectivity index (χ4n) is 3.53. The van der Waals surface area contributed by atoms with E-state index in [0.717, 1.165) is 41.0 Å². The van der Waals surface area contributed by atoms with Gasteiger partial charge in [-0.1, -0.05) is 41.9 Å². The van der Waals surface area contributed by atoms with Crippen molar-refractivity contribution in [1.82, 2.24) is 10.6 Å². The maximum absolute atomic E-state index is 12.6. The summed E-state index contributed by atoms with van der Waals surface area (Å²) in [4.78, 5) is 12.6. The summed E-state index contributed by atoms with van der Waals surface area (Å²) in [5, 5.41) is 7.65. The van der Waals surface area contributed by atoms with E-state index in [4.69, 9.17) is 28.6 Å². The molecular formula is C21H19ClN2O2S. The van der Waals surface area contributed by atoms with Crippen molar-refractivity contribution in [3.8, 4) is 5.75 Å². The number of carbonyl (C=O) groups is 1. The average molecular weight is 399 g/mol. The highest BCUT2D eigenvalue weighted by Crippen LogP contribution is 2.37. The minimum absolute atomic E-state index is 0.163. The summed E-state index contributed by atoms with van der Waals surface area (Å²) in [6, 6.07) is 15.1. The van der Waals surface area contributed by atoms with Crippen LogP contribution in [0.5, 0.6) is 5.75 Å². The molecule has 2 aromatic rings. The first-order chi connectivity index (χ1) is 13.1. The number of para-hydroxylation sites is 1. The SMILES string of the molecule is O=C1CCCC2=C1C(c1ccccc1OCc1ccc(Cl)cc1)NC(=S)N2. The highest BCUT2D eigenvalue weighted by atomic mass is 35.5. The molecule has 138 valence electrons. The fourth-order valence-corrected chi connectivity index (χ4v) is 3.90. The number of thiocarbonyl (C=S) groups is 1. The number of rotatable bonds is 4. The number of allylic oxidation sites excluding steroid dienone is 1. The quantitative estimate of drug-likeness (QED) is 0.745. The molecule has 4 rings (SSSR count). The van der Waals surface area contributed by atoms with Crippen molar-refractivity contribution in [1.29, 1.82) is 0 Å². The molecule has 0 spiro atoms. The number of ether oxygens (including phenoxy) is 1. The van der Waals surface area contributed by atoms with E-state index >= 15 is 0 Å². The van der Waals surface area contributed by atoms with Gasteiger partial charge in [0.1, 0.15) is 12.4 Å². The lowest BCUT2D eigenvalue weighted by Gasteiger charge is -2.34. The van der Waals surface area contributed by atoms with Gasteiger partial charge in [-0.25, -0.2) is 0 Å². The van der Waals surface area contributed by atoms with Gasteiger partial charge < -0.3 is 15.4 Å². The first-order valence-electron chi connectivity index (χ1n) is 8.92. The first kappa shape index (κ1) is 18.0. The number of hydrogen-bond donors (Lipinski definition) is 2. The van der Waals surface area contributed by atoms with E-state index in [1.165, 1.54) is 0 Å². The Bertz CT molecular complexity index is 924. The minimum atomic E-state index is -0.289. The van der Waals surface area contributed by atoms with Crippen LogP contribution in [0.15, 0.2) is 59.8 Å². The summed E-state index contributed by atoms with van der Waals surface area (Å²) in [5.74, 6) is 0.899. The summed E-state index contributed by atoms with van der Waals surface area (Å²) in [6.45, 7) is 0.420. The molecule has 0 amide bonds. The third kappa shape index (κ3) is 3.84. The minimum Gasteiger partial charge on any atom is -0.489 e. The molecule has 2 N–H and O–H groups in total. The molecule has 4 nitrogen and oxygen atoms in total. The standard InChI is InChI=1S/C21H19ClN2O2S/c22-14-10-8-13(9-11-14)12-26-18-7-2-1-4-15(18)20-19-16(23-21(27)24-20)5-3-6-17(19)25/h1-2,4,7-11,20H,3,5-6,12H2,(H2,23,24,27). The Kier molecular flexibility index (Phi) is 5.14. The van der Waals surface area contributed by atoms with Crippen molar-refractivity contribution < 1.29 is 9.53 Å². The summed E-state index contributed by atoms with van der Waals surface area (Å²) < 4.78 is 6.09. The zero-order valence-corrected chi connectivity index (χ0v) is 16.2. The second kappa shape index (κ2) is 7.71. The predicted octanol–water partition coefficient (Wildman–Crippen LogP) is 4.44. The van der Waals surface area contributed by atoms with E-state index in [9.17, 15) is 4.79 Å². The van der Waals surface area contributed by atoms with Crippen LogP contribution in [0.2, 0.25) is 5.02 Å². The van der Waals surface area contributed by atoms with Crippen molar-refractivity contribution in [3.05, 3.63) is 76.0 Å². The van der Waals surface area contributed by atoms with Crippen LogP contribution in [0, 0.1) is 0 Å². The summed E-state index contributed by atoms with van der Waals surface area (Å²) in [6.07, 6.45) is 2.27. The Morgan fingerprint density at radius 3 is 2.70 bits per heavy atom. The molecule has 0 fully saturated rings. The van der Waals surface area contributed by atoms with Crippen LogP contribution in [-0.4, -0.2) is 10.9 Å². The molecule has 1 aliphatic heterocycles. The van der Waals surface area contributed by atoms with E-state index < -0.39 is 0 Å². The van der Waals surface area contributed by atoms with Crippen molar-refractivity contribution in [2.45, 2.75) is 31.9 Å². The van der Waals surface area contributed by atoms with Crippen LogP contribution in [0.25, 0.3) is 0 Å². The molecule has 1 heterocycles. The van der Waals surface area contributed by atoms with Gasteiger partial charge >= 0.3 is 0 Å². The van der Waals surface area contributed by atoms with Gasteiger partial charge in [-0.15, -0.1) is 0 Å². The van der Waals surface area contributed by atoms with Crippen LogP contribution >= 0.6 is 23.8 Å². The van der Waals surface area contributed by atoms with Gasteiger partial charge in [0.25, 0.3) is 0 Å². The maximum Gasteiger partial charge on any atom is 0.171 e. The molecule has 0 bridgehead atoms. The van der Waals surface area contributed by atoms with Gasteiger partial charge in [-0.05, 0) is 48.8 Å². The zero-order chi connectivity index (χ0) is 18.8. The van der Waals surface area contributed by atoms with Crippen LogP contribution in [0.3, 0.4) is 0 Å². The van der Waals surface area contributed by atoms with E-state index in [1.54, 1.807) is 0 Å². The van der Waals surface area contributed by atoms with Gasteiger partial charge in [-0.2, -0.15) is 0 Å². The average Bonchev–Trinajstić information content (AvgIpc) is 2.67.